The number of aliphatic hydroxyl groups excluding tert-OH is 1. The van der Waals surface area contributed by atoms with Crippen LogP contribution in [0.1, 0.15) is 25.7 Å². The van der Waals surface area contributed by atoms with Crippen molar-refractivity contribution in [2.24, 2.45) is 11.8 Å². The van der Waals surface area contributed by atoms with E-state index in [4.69, 9.17) is 0 Å². The first-order valence-corrected chi connectivity index (χ1v) is 7.03. The van der Waals surface area contributed by atoms with Crippen molar-refractivity contribution in [3.8, 4) is 0 Å². The van der Waals surface area contributed by atoms with E-state index in [9.17, 15) is 23.1 Å². The summed E-state index contributed by atoms with van der Waals surface area (Å²) in [6, 6.07) is -0.275. The SMILES string of the molecule is CN(C(=O)C1CCC(C(F)(F)F)CC1)[C@@H]1CNC[C@H]1O. The standard InChI is InChI=1S/C13H21F3N2O2/c1-18(10-6-17-7-11(10)19)12(20)8-2-4-9(5-3-8)13(14,15)16/h8-11,17,19H,2-7H2,1H3/t8?,9?,10-,11-/m1/s1. The molecule has 2 fully saturated rings. The lowest BCUT2D eigenvalue weighted by atomic mass is 9.81. The van der Waals surface area contributed by atoms with Gasteiger partial charge in [-0.25, -0.2) is 0 Å². The average Bonchev–Trinajstić information content (AvgIpc) is 2.82. The summed E-state index contributed by atoms with van der Waals surface area (Å²) in [5.41, 5.74) is 0. The van der Waals surface area contributed by atoms with Gasteiger partial charge in [-0.2, -0.15) is 13.2 Å². The second-order valence-electron chi connectivity index (χ2n) is 5.83. The van der Waals surface area contributed by atoms with Gasteiger partial charge >= 0.3 is 6.18 Å². The number of hydrogen-bond donors (Lipinski definition) is 2. The highest BCUT2D eigenvalue weighted by molar-refractivity contribution is 5.79. The third kappa shape index (κ3) is 3.25. The molecule has 1 aliphatic carbocycles. The Morgan fingerprint density at radius 1 is 1.20 bits per heavy atom. The third-order valence-corrected chi connectivity index (χ3v) is 4.54. The van der Waals surface area contributed by atoms with E-state index in [-0.39, 0.29) is 43.6 Å². The van der Waals surface area contributed by atoms with Gasteiger partial charge in [-0.05, 0) is 25.7 Å². The molecule has 0 aromatic carbocycles. The van der Waals surface area contributed by atoms with Crippen LogP contribution in [-0.4, -0.2) is 54.4 Å². The van der Waals surface area contributed by atoms with E-state index in [1.54, 1.807) is 7.05 Å². The van der Waals surface area contributed by atoms with Gasteiger partial charge in [-0.15, -0.1) is 0 Å². The Kier molecular flexibility index (Phi) is 4.59. The molecule has 0 unspecified atom stereocenters. The summed E-state index contributed by atoms with van der Waals surface area (Å²) in [5.74, 6) is -1.75. The van der Waals surface area contributed by atoms with E-state index in [1.807, 2.05) is 0 Å². The third-order valence-electron chi connectivity index (χ3n) is 4.54. The first-order valence-electron chi connectivity index (χ1n) is 7.03. The summed E-state index contributed by atoms with van der Waals surface area (Å²) < 4.78 is 37.8. The van der Waals surface area contributed by atoms with Gasteiger partial charge in [0.2, 0.25) is 5.91 Å². The van der Waals surface area contributed by atoms with Crippen molar-refractivity contribution in [2.75, 3.05) is 20.1 Å². The Hall–Kier alpha value is -0.820. The fraction of sp³-hybridized carbons (Fsp3) is 0.923. The first kappa shape index (κ1) is 15.6. The number of nitrogens with zero attached hydrogens (tertiary/aromatic N) is 1. The van der Waals surface area contributed by atoms with Gasteiger partial charge < -0.3 is 15.3 Å². The maximum atomic E-state index is 12.6. The number of nitrogens with one attached hydrogen (secondary N) is 1. The van der Waals surface area contributed by atoms with Crippen LogP contribution in [0.5, 0.6) is 0 Å². The van der Waals surface area contributed by atoms with Crippen LogP contribution in [0.3, 0.4) is 0 Å². The fourth-order valence-electron chi connectivity index (χ4n) is 3.17. The number of carbonyl (C=O) groups excluding carboxylic acids is 1. The van der Waals surface area contributed by atoms with E-state index in [2.05, 4.69) is 5.32 Å². The molecular weight excluding hydrogens is 273 g/mol. The zero-order valence-electron chi connectivity index (χ0n) is 11.5. The molecule has 1 saturated heterocycles. The van der Waals surface area contributed by atoms with Gasteiger partial charge in [0, 0.05) is 26.1 Å². The van der Waals surface area contributed by atoms with E-state index >= 15 is 0 Å². The van der Waals surface area contributed by atoms with Gasteiger partial charge in [-0.1, -0.05) is 0 Å². The number of β-amino-alcohol motifs (C(OH)–C–C–N with tert-alkyl or cyclic N) is 1. The minimum absolute atomic E-state index is 0.0270. The molecule has 4 nitrogen and oxygen atoms in total. The Balaban J connectivity index is 1.88. The minimum atomic E-state index is -4.15. The molecule has 1 saturated carbocycles. The Bertz CT molecular complexity index is 354. The van der Waals surface area contributed by atoms with Crippen molar-refractivity contribution in [1.29, 1.82) is 0 Å². The second kappa shape index (κ2) is 5.89. The highest BCUT2D eigenvalue weighted by Gasteiger charge is 2.43. The molecule has 1 heterocycles. The van der Waals surface area contributed by atoms with Crippen LogP contribution in [0.2, 0.25) is 0 Å². The first-order chi connectivity index (χ1) is 9.30. The van der Waals surface area contributed by atoms with Crippen LogP contribution in [-0.2, 0) is 4.79 Å². The molecule has 0 aromatic heterocycles. The molecule has 20 heavy (non-hydrogen) atoms. The molecule has 2 N–H and O–H groups in total. The van der Waals surface area contributed by atoms with E-state index < -0.39 is 18.2 Å². The van der Waals surface area contributed by atoms with Crippen molar-refractivity contribution < 1.29 is 23.1 Å². The van der Waals surface area contributed by atoms with Crippen LogP contribution >= 0.6 is 0 Å². The molecule has 1 amide bonds. The Labute approximate surface area is 116 Å². The number of alkyl halides is 3. The molecule has 1 aliphatic heterocycles. The molecule has 2 rings (SSSR count). The summed E-state index contributed by atoms with van der Waals surface area (Å²) in [6.07, 6.45) is -4.13. The topological polar surface area (TPSA) is 52.6 Å². The molecule has 2 aliphatic rings. The molecule has 0 radical (unpaired) electrons. The van der Waals surface area contributed by atoms with Gasteiger partial charge in [-0.3, -0.25) is 4.79 Å². The monoisotopic (exact) mass is 294 g/mol. The number of aliphatic hydroxyl groups is 1. The Morgan fingerprint density at radius 2 is 1.80 bits per heavy atom. The molecule has 0 aromatic rings. The van der Waals surface area contributed by atoms with Crippen LogP contribution in [0.15, 0.2) is 0 Å². The quantitative estimate of drug-likeness (QED) is 0.803. The van der Waals surface area contributed by atoms with E-state index in [1.165, 1.54) is 4.90 Å². The van der Waals surface area contributed by atoms with Crippen molar-refractivity contribution in [3.05, 3.63) is 0 Å². The summed E-state index contributed by atoms with van der Waals surface area (Å²) in [4.78, 5) is 13.8. The van der Waals surface area contributed by atoms with Gasteiger partial charge in [0.1, 0.15) is 0 Å². The molecule has 116 valence electrons. The highest BCUT2D eigenvalue weighted by atomic mass is 19.4. The van der Waals surface area contributed by atoms with Crippen LogP contribution in [0.25, 0.3) is 0 Å². The van der Waals surface area contributed by atoms with Crippen molar-refractivity contribution in [2.45, 2.75) is 44.0 Å². The lowest BCUT2D eigenvalue weighted by Crippen LogP contribution is -2.47. The smallest absolute Gasteiger partial charge is 0.390 e. The van der Waals surface area contributed by atoms with Crippen molar-refractivity contribution in [3.63, 3.8) is 0 Å². The highest BCUT2D eigenvalue weighted by Crippen LogP contribution is 2.40. The summed E-state index contributed by atoms with van der Waals surface area (Å²) in [6.45, 7) is 0.977. The molecule has 7 heteroatoms. The average molecular weight is 294 g/mol. The maximum Gasteiger partial charge on any atom is 0.391 e. The number of carbonyl (C=O) groups is 1. The summed E-state index contributed by atoms with van der Waals surface area (Å²) in [5, 5.41) is 12.7. The van der Waals surface area contributed by atoms with Gasteiger partial charge in [0.25, 0.3) is 0 Å². The number of likely N-dealkylation sites (N-methyl/N-ethyl adjacent to an activating group) is 1. The predicted molar refractivity (Wildman–Crippen MR) is 66.9 cm³/mol. The number of amides is 1. The lowest BCUT2D eigenvalue weighted by Gasteiger charge is -2.34. The minimum Gasteiger partial charge on any atom is -0.390 e. The number of hydrogen-bond acceptors (Lipinski definition) is 3. The fourth-order valence-corrected chi connectivity index (χ4v) is 3.17. The van der Waals surface area contributed by atoms with Crippen LogP contribution < -0.4 is 5.32 Å². The van der Waals surface area contributed by atoms with Crippen molar-refractivity contribution in [1.82, 2.24) is 10.2 Å². The van der Waals surface area contributed by atoms with Gasteiger partial charge in [0.05, 0.1) is 18.1 Å². The maximum absolute atomic E-state index is 12.6. The zero-order valence-corrected chi connectivity index (χ0v) is 11.5. The molecule has 2 atom stereocenters. The molecule has 0 spiro atoms. The normalized spacial score (nSPS) is 35.0. The van der Waals surface area contributed by atoms with Crippen LogP contribution in [0.4, 0.5) is 13.2 Å². The predicted octanol–water partition coefficient (Wildman–Crippen LogP) is 1.15. The molecule has 0 bridgehead atoms. The Morgan fingerprint density at radius 3 is 2.25 bits per heavy atom. The summed E-state index contributed by atoms with van der Waals surface area (Å²) in [7, 11) is 1.62. The second-order valence-corrected chi connectivity index (χ2v) is 5.83. The number of halogens is 3. The summed E-state index contributed by atoms with van der Waals surface area (Å²) >= 11 is 0. The van der Waals surface area contributed by atoms with Gasteiger partial charge in [0.15, 0.2) is 0 Å². The lowest BCUT2D eigenvalue weighted by molar-refractivity contribution is -0.185. The molecular formula is C13H21F3N2O2. The van der Waals surface area contributed by atoms with Crippen LogP contribution in [0, 0.1) is 11.8 Å². The van der Waals surface area contributed by atoms with E-state index in [0.29, 0.717) is 13.1 Å². The zero-order chi connectivity index (χ0) is 14.9. The largest absolute Gasteiger partial charge is 0.391 e. The van der Waals surface area contributed by atoms with E-state index in [0.717, 1.165) is 0 Å². The van der Waals surface area contributed by atoms with Crippen molar-refractivity contribution >= 4 is 5.91 Å². The number of rotatable bonds is 2.